The average molecular weight is 301 g/mol. The third-order valence-corrected chi connectivity index (χ3v) is 4.56. The first-order chi connectivity index (χ1) is 9.74. The van der Waals surface area contributed by atoms with E-state index in [1.165, 1.54) is 4.88 Å². The van der Waals surface area contributed by atoms with Crippen molar-refractivity contribution in [2.24, 2.45) is 0 Å². The minimum absolute atomic E-state index is 0.733. The fourth-order valence-corrected chi connectivity index (χ4v) is 3.55. The fourth-order valence-electron chi connectivity index (χ4n) is 2.41. The highest BCUT2D eigenvalue weighted by atomic mass is 35.5. The SMILES string of the molecule is Cc1sc2ncn3cnnc3c2c1-c1ccc(Cl)cc1. The van der Waals surface area contributed by atoms with Gasteiger partial charge in [-0.3, -0.25) is 4.40 Å². The average Bonchev–Trinajstić information content (AvgIpc) is 3.02. The number of benzene rings is 1. The Bertz CT molecular complexity index is 924. The lowest BCUT2D eigenvalue weighted by atomic mass is 10.0. The van der Waals surface area contributed by atoms with E-state index in [2.05, 4.69) is 22.1 Å². The van der Waals surface area contributed by atoms with Crippen LogP contribution in [0.25, 0.3) is 27.0 Å². The largest absolute Gasteiger partial charge is 0.271 e. The number of hydrogen-bond donors (Lipinski definition) is 0. The van der Waals surface area contributed by atoms with Crippen LogP contribution in [0.2, 0.25) is 5.02 Å². The van der Waals surface area contributed by atoms with Crippen LogP contribution in [0.15, 0.2) is 36.9 Å². The van der Waals surface area contributed by atoms with Gasteiger partial charge in [0.05, 0.1) is 5.39 Å². The van der Waals surface area contributed by atoms with Gasteiger partial charge in [-0.1, -0.05) is 23.7 Å². The number of fused-ring (bicyclic) bond motifs is 3. The van der Waals surface area contributed by atoms with E-state index in [1.54, 1.807) is 24.0 Å². The quantitative estimate of drug-likeness (QED) is 0.534. The monoisotopic (exact) mass is 300 g/mol. The molecule has 0 amide bonds. The van der Waals surface area contributed by atoms with Gasteiger partial charge in [-0.05, 0) is 24.6 Å². The molecule has 0 saturated carbocycles. The number of nitrogens with zero attached hydrogens (tertiary/aromatic N) is 4. The first-order valence-electron chi connectivity index (χ1n) is 6.07. The lowest BCUT2D eigenvalue weighted by Crippen LogP contribution is -1.87. The zero-order valence-corrected chi connectivity index (χ0v) is 12.1. The molecular formula is C14H9ClN4S. The molecule has 20 heavy (non-hydrogen) atoms. The molecule has 0 spiro atoms. The van der Waals surface area contributed by atoms with E-state index in [4.69, 9.17) is 11.6 Å². The van der Waals surface area contributed by atoms with Gasteiger partial charge in [0.15, 0.2) is 5.65 Å². The van der Waals surface area contributed by atoms with Crippen molar-refractivity contribution in [1.29, 1.82) is 0 Å². The molecule has 4 nitrogen and oxygen atoms in total. The number of hydrogen-bond acceptors (Lipinski definition) is 4. The van der Waals surface area contributed by atoms with E-state index in [9.17, 15) is 0 Å². The van der Waals surface area contributed by atoms with Crippen LogP contribution in [0.1, 0.15) is 4.88 Å². The Labute approximate surface area is 123 Å². The van der Waals surface area contributed by atoms with Crippen LogP contribution in [0, 0.1) is 6.92 Å². The van der Waals surface area contributed by atoms with Crippen LogP contribution < -0.4 is 0 Å². The van der Waals surface area contributed by atoms with Crippen LogP contribution in [-0.2, 0) is 0 Å². The summed E-state index contributed by atoms with van der Waals surface area (Å²) in [6, 6.07) is 7.85. The molecule has 0 bridgehead atoms. The molecule has 0 atom stereocenters. The van der Waals surface area contributed by atoms with Crippen molar-refractivity contribution in [2.45, 2.75) is 6.92 Å². The highest BCUT2D eigenvalue weighted by molar-refractivity contribution is 7.19. The summed E-state index contributed by atoms with van der Waals surface area (Å²) in [7, 11) is 0. The first kappa shape index (κ1) is 11.8. The summed E-state index contributed by atoms with van der Waals surface area (Å²) in [6.45, 7) is 2.10. The lowest BCUT2D eigenvalue weighted by molar-refractivity contribution is 1.08. The highest BCUT2D eigenvalue weighted by Gasteiger charge is 2.16. The molecule has 4 rings (SSSR count). The van der Waals surface area contributed by atoms with E-state index in [-0.39, 0.29) is 0 Å². The Morgan fingerprint density at radius 1 is 1.15 bits per heavy atom. The highest BCUT2D eigenvalue weighted by Crippen LogP contribution is 2.39. The van der Waals surface area contributed by atoms with Gasteiger partial charge in [-0.25, -0.2) is 4.98 Å². The summed E-state index contributed by atoms with van der Waals surface area (Å²) in [5, 5.41) is 9.97. The molecule has 0 aliphatic rings. The fraction of sp³-hybridized carbons (Fsp3) is 0.0714. The third-order valence-electron chi connectivity index (χ3n) is 3.29. The van der Waals surface area contributed by atoms with Gasteiger partial charge in [-0.2, -0.15) is 0 Å². The Hall–Kier alpha value is -1.98. The second kappa shape index (κ2) is 4.26. The molecule has 0 radical (unpaired) electrons. The number of halogens is 1. The molecule has 0 aliphatic heterocycles. The van der Waals surface area contributed by atoms with Crippen LogP contribution in [0.5, 0.6) is 0 Å². The minimum atomic E-state index is 0.733. The predicted octanol–water partition coefficient (Wildman–Crippen LogP) is 3.97. The van der Waals surface area contributed by atoms with Crippen LogP contribution in [0.3, 0.4) is 0 Å². The maximum atomic E-state index is 5.97. The molecule has 0 saturated heterocycles. The Morgan fingerprint density at radius 3 is 2.75 bits per heavy atom. The summed E-state index contributed by atoms with van der Waals surface area (Å²) >= 11 is 7.64. The van der Waals surface area contributed by atoms with Crippen molar-refractivity contribution >= 4 is 38.8 Å². The van der Waals surface area contributed by atoms with Crippen LogP contribution in [-0.4, -0.2) is 19.6 Å². The van der Waals surface area contributed by atoms with Gasteiger partial charge in [-0.15, -0.1) is 21.5 Å². The molecule has 0 N–H and O–H groups in total. The number of aromatic nitrogens is 4. The molecule has 1 aromatic carbocycles. The minimum Gasteiger partial charge on any atom is -0.271 e. The molecule has 4 aromatic rings. The van der Waals surface area contributed by atoms with E-state index in [1.807, 2.05) is 28.7 Å². The van der Waals surface area contributed by atoms with E-state index >= 15 is 0 Å². The predicted molar refractivity (Wildman–Crippen MR) is 81.3 cm³/mol. The summed E-state index contributed by atoms with van der Waals surface area (Å²) in [5.41, 5.74) is 3.12. The van der Waals surface area contributed by atoms with Gasteiger partial charge < -0.3 is 0 Å². The summed E-state index contributed by atoms with van der Waals surface area (Å²) in [4.78, 5) is 6.67. The summed E-state index contributed by atoms with van der Waals surface area (Å²) in [5.74, 6) is 0. The van der Waals surface area contributed by atoms with E-state index in [0.717, 1.165) is 32.0 Å². The first-order valence-corrected chi connectivity index (χ1v) is 7.27. The standard InChI is InChI=1S/C14H9ClN4S/c1-8-11(9-2-4-10(15)5-3-9)12-13-18-17-7-19(13)6-16-14(12)20-8/h2-7H,1H3. The molecule has 98 valence electrons. The zero-order chi connectivity index (χ0) is 13.7. The number of thiophene rings is 1. The zero-order valence-electron chi connectivity index (χ0n) is 10.5. The Morgan fingerprint density at radius 2 is 1.95 bits per heavy atom. The smallest absolute Gasteiger partial charge is 0.172 e. The maximum absolute atomic E-state index is 5.97. The molecule has 0 aliphatic carbocycles. The summed E-state index contributed by atoms with van der Waals surface area (Å²) < 4.78 is 1.84. The van der Waals surface area contributed by atoms with Crippen molar-refractivity contribution in [3.05, 3.63) is 46.8 Å². The van der Waals surface area contributed by atoms with Crippen LogP contribution >= 0.6 is 22.9 Å². The van der Waals surface area contributed by atoms with Gasteiger partial charge in [0.2, 0.25) is 0 Å². The van der Waals surface area contributed by atoms with E-state index < -0.39 is 0 Å². The van der Waals surface area contributed by atoms with Gasteiger partial charge in [0.1, 0.15) is 17.5 Å². The second-order valence-corrected chi connectivity index (χ2v) is 6.17. The molecule has 0 fully saturated rings. The molecule has 0 unspecified atom stereocenters. The summed E-state index contributed by atoms with van der Waals surface area (Å²) in [6.07, 6.45) is 3.42. The van der Waals surface area contributed by atoms with Crippen molar-refractivity contribution < 1.29 is 0 Å². The van der Waals surface area contributed by atoms with Crippen molar-refractivity contribution in [3.63, 3.8) is 0 Å². The van der Waals surface area contributed by atoms with Gasteiger partial charge in [0, 0.05) is 15.5 Å². The molecule has 3 aromatic heterocycles. The number of aryl methyl sites for hydroxylation is 1. The van der Waals surface area contributed by atoms with Gasteiger partial charge in [0.25, 0.3) is 0 Å². The topological polar surface area (TPSA) is 43.1 Å². The molecule has 6 heteroatoms. The normalized spacial score (nSPS) is 11.5. The molecular weight excluding hydrogens is 292 g/mol. The van der Waals surface area contributed by atoms with Crippen molar-refractivity contribution in [2.75, 3.05) is 0 Å². The van der Waals surface area contributed by atoms with Crippen molar-refractivity contribution in [1.82, 2.24) is 19.6 Å². The Kier molecular flexibility index (Phi) is 2.52. The molecule has 3 heterocycles. The lowest BCUT2D eigenvalue weighted by Gasteiger charge is -2.02. The maximum Gasteiger partial charge on any atom is 0.172 e. The Balaban J connectivity index is 2.14. The number of rotatable bonds is 1. The second-order valence-electron chi connectivity index (χ2n) is 4.53. The van der Waals surface area contributed by atoms with Crippen LogP contribution in [0.4, 0.5) is 0 Å². The van der Waals surface area contributed by atoms with Gasteiger partial charge >= 0.3 is 0 Å². The van der Waals surface area contributed by atoms with E-state index in [0.29, 0.717) is 0 Å². The van der Waals surface area contributed by atoms with Crippen molar-refractivity contribution in [3.8, 4) is 11.1 Å². The third kappa shape index (κ3) is 1.63.